The number of unbranched alkanes of at least 4 members (excludes halogenated alkanes) is 1. The first-order valence-corrected chi connectivity index (χ1v) is 27.2. The van der Waals surface area contributed by atoms with Crippen LogP contribution in [-0.4, -0.2) is 134 Å². The lowest BCUT2D eigenvalue weighted by Gasteiger charge is -2.36. The van der Waals surface area contributed by atoms with Crippen LogP contribution >= 0.6 is 22.9 Å². The molecule has 0 bridgehead atoms. The van der Waals surface area contributed by atoms with Gasteiger partial charge >= 0.3 is 0 Å². The number of sulfonamides is 1. The number of β-amino-alcohol motifs (C(OH)–C–C–N with tert-alkyl or cyclic N) is 1. The molecule has 0 radical (unpaired) electrons. The molecule has 2 aliphatic rings. The minimum Gasteiger partial charge on any atom is -0.494 e. The van der Waals surface area contributed by atoms with Gasteiger partial charge in [0, 0.05) is 77.0 Å². The number of ether oxygens (including phenoxy) is 1. The number of methoxy groups -OCH3 is 1. The van der Waals surface area contributed by atoms with Gasteiger partial charge in [-0.25, -0.2) is 18.4 Å². The SMILES string of the molecule is COc1cc(N2CCN(CCCCC(=O)N[C@H](C(=O)N3C[C@H](O)C[C@@H]3CC(=O)NCc3ccc(-c4scnc4C)cc3)C(C)(C)C)CC2)ccc1Nc1ncc(Cl)c(Nc2ccccc2N(C)S(C)(=O)=O)n1. The van der Waals surface area contributed by atoms with Crippen molar-refractivity contribution < 1.29 is 32.6 Å². The van der Waals surface area contributed by atoms with Crippen molar-refractivity contribution in [3.05, 3.63) is 94.7 Å². The molecule has 0 unspecified atom stereocenters. The number of aryl methyl sites for hydroxylation is 1. The Morgan fingerprint density at radius 3 is 2.39 bits per heavy atom. The predicted molar refractivity (Wildman–Crippen MR) is 285 cm³/mol. The number of halogens is 1. The molecule has 0 saturated carbocycles. The molecule has 0 spiro atoms. The second-order valence-corrected chi connectivity index (χ2v) is 22.7. The van der Waals surface area contributed by atoms with Gasteiger partial charge in [-0.15, -0.1) is 11.3 Å². The quantitative estimate of drug-likeness (QED) is 0.0500. The van der Waals surface area contributed by atoms with E-state index in [-0.39, 0.29) is 60.3 Å². The summed E-state index contributed by atoms with van der Waals surface area (Å²) in [7, 11) is -0.451. The van der Waals surface area contributed by atoms with Crippen LogP contribution in [0.5, 0.6) is 5.75 Å². The highest BCUT2D eigenvalue weighted by atomic mass is 35.5. The molecule has 2 saturated heterocycles. The first-order valence-electron chi connectivity index (χ1n) is 24.1. The smallest absolute Gasteiger partial charge is 0.246 e. The minimum absolute atomic E-state index is 0.0498. The number of para-hydroxylation sites is 2. The normalized spacial score (nSPS) is 16.8. The van der Waals surface area contributed by atoms with Crippen molar-refractivity contribution in [2.75, 3.05) is 79.5 Å². The Bertz CT molecular complexity index is 2800. The van der Waals surface area contributed by atoms with E-state index >= 15 is 0 Å². The fourth-order valence-corrected chi connectivity index (χ4v) is 10.3. The molecule has 7 rings (SSSR count). The van der Waals surface area contributed by atoms with E-state index < -0.39 is 33.6 Å². The number of amides is 3. The number of anilines is 6. The molecule has 5 N–H and O–H groups in total. The highest BCUT2D eigenvalue weighted by Gasteiger charge is 2.42. The van der Waals surface area contributed by atoms with E-state index in [2.05, 4.69) is 46.0 Å². The minimum atomic E-state index is -3.52. The zero-order valence-electron chi connectivity index (χ0n) is 41.9. The Hall–Kier alpha value is -6.06. The van der Waals surface area contributed by atoms with Crippen LogP contribution in [0, 0.1) is 12.3 Å². The van der Waals surface area contributed by atoms with E-state index in [1.54, 1.807) is 47.6 Å². The fraction of sp³-hybridized carbons (Fsp3) is 0.451. The molecule has 3 atom stereocenters. The van der Waals surface area contributed by atoms with Gasteiger partial charge in [-0.1, -0.05) is 68.8 Å². The maximum atomic E-state index is 14.1. The van der Waals surface area contributed by atoms with Gasteiger partial charge in [0.05, 0.1) is 58.8 Å². The summed E-state index contributed by atoms with van der Waals surface area (Å²) in [4.78, 5) is 61.3. The predicted octanol–water partition coefficient (Wildman–Crippen LogP) is 6.95. The number of likely N-dealkylation sites (tertiary alicyclic amines) is 1. The highest BCUT2D eigenvalue weighted by Crippen LogP contribution is 2.35. The molecular formula is C51H66ClN11O7S2. The van der Waals surface area contributed by atoms with Gasteiger partial charge in [-0.3, -0.25) is 23.6 Å². The Labute approximate surface area is 431 Å². The molecular weight excluding hydrogens is 978 g/mol. The van der Waals surface area contributed by atoms with Crippen molar-refractivity contribution in [2.24, 2.45) is 5.41 Å². The fourth-order valence-electron chi connectivity index (χ4n) is 8.87. The van der Waals surface area contributed by atoms with E-state index in [9.17, 15) is 27.9 Å². The summed E-state index contributed by atoms with van der Waals surface area (Å²) >= 11 is 8.06. The molecule has 18 nitrogen and oxygen atoms in total. The lowest BCUT2D eigenvalue weighted by Crippen LogP contribution is -2.56. The topological polar surface area (TPSA) is 215 Å². The molecule has 2 aliphatic heterocycles. The number of hydrogen-bond acceptors (Lipinski definition) is 15. The van der Waals surface area contributed by atoms with Crippen LogP contribution in [-0.2, 0) is 31.0 Å². The third-order valence-electron chi connectivity index (χ3n) is 13.0. The summed E-state index contributed by atoms with van der Waals surface area (Å²) < 4.78 is 31.5. The summed E-state index contributed by atoms with van der Waals surface area (Å²) in [5.41, 5.74) is 6.79. The lowest BCUT2D eigenvalue weighted by molar-refractivity contribution is -0.141. The molecule has 2 fully saturated rings. The first kappa shape index (κ1) is 53.7. The summed E-state index contributed by atoms with van der Waals surface area (Å²) in [6, 6.07) is 19.5. The van der Waals surface area contributed by atoms with Crippen LogP contribution in [0.15, 0.2) is 78.4 Å². The number of thiazole rings is 1. The number of nitrogens with zero attached hydrogens (tertiary/aromatic N) is 7. The second kappa shape index (κ2) is 23.7. The van der Waals surface area contributed by atoms with E-state index in [1.807, 2.05) is 75.7 Å². The second-order valence-electron chi connectivity index (χ2n) is 19.4. The van der Waals surface area contributed by atoms with Gasteiger partial charge in [0.25, 0.3) is 0 Å². The molecule has 4 heterocycles. The van der Waals surface area contributed by atoms with Gasteiger partial charge in [-0.2, -0.15) is 4.98 Å². The van der Waals surface area contributed by atoms with Gasteiger partial charge in [0.1, 0.15) is 16.8 Å². The number of rotatable bonds is 20. The largest absolute Gasteiger partial charge is 0.494 e. The zero-order valence-corrected chi connectivity index (χ0v) is 44.3. The first-order chi connectivity index (χ1) is 34.3. The number of aliphatic hydroxyl groups excluding tert-OH is 1. The standard InChI is InChI=1S/C51H66ClN11O7S2/c1-33-46(71-32-55-33)35-17-15-34(16-18-35)29-53-45(66)28-37-26-38(64)31-63(37)49(67)47(51(2,3)4)58-44(65)14-10-11-21-61-22-24-62(25-23-61)36-19-20-41(43(27-36)70-6)57-50-54-30-39(52)48(59-50)56-40-12-8-9-13-42(40)60(5)72(7,68)69/h8-9,12-13,15-20,27,30,32,37-38,47,64H,10-11,14,21-26,28-29,31H2,1-7H3,(H,53,66)(H,58,65)(H2,54,56,57,59)/t37-,38-,47-/m1/s1. The molecule has 2 aromatic heterocycles. The van der Waals surface area contributed by atoms with Crippen molar-refractivity contribution in [3.8, 4) is 16.2 Å². The van der Waals surface area contributed by atoms with Crippen LogP contribution in [0.3, 0.4) is 0 Å². The van der Waals surface area contributed by atoms with Crippen LogP contribution in [0.2, 0.25) is 5.02 Å². The maximum Gasteiger partial charge on any atom is 0.246 e. The molecule has 21 heteroatoms. The number of aliphatic hydroxyl groups is 1. The number of carbonyl (C=O) groups is 3. The average Bonchev–Trinajstić information content (AvgIpc) is 3.95. The van der Waals surface area contributed by atoms with Crippen LogP contribution < -0.4 is 35.2 Å². The molecule has 386 valence electrons. The van der Waals surface area contributed by atoms with E-state index in [4.69, 9.17) is 16.3 Å². The Morgan fingerprint density at radius 1 is 0.972 bits per heavy atom. The van der Waals surface area contributed by atoms with Gasteiger partial charge < -0.3 is 40.9 Å². The number of nitrogens with one attached hydrogen (secondary N) is 4. The maximum absolute atomic E-state index is 14.1. The lowest BCUT2D eigenvalue weighted by atomic mass is 9.85. The van der Waals surface area contributed by atoms with Crippen molar-refractivity contribution in [1.29, 1.82) is 0 Å². The van der Waals surface area contributed by atoms with Crippen LogP contribution in [0.1, 0.15) is 64.1 Å². The molecule has 72 heavy (non-hydrogen) atoms. The molecule has 5 aromatic rings. The summed E-state index contributed by atoms with van der Waals surface area (Å²) in [6.45, 7) is 12.3. The zero-order chi connectivity index (χ0) is 51.7. The number of hydrogen-bond donors (Lipinski definition) is 5. The van der Waals surface area contributed by atoms with Crippen molar-refractivity contribution in [1.82, 2.24) is 35.4 Å². The molecule has 3 amide bonds. The summed E-state index contributed by atoms with van der Waals surface area (Å²) in [5, 5.41) is 23.3. The van der Waals surface area contributed by atoms with Gasteiger partial charge in [-0.05, 0) is 73.5 Å². The molecule has 3 aromatic carbocycles. The van der Waals surface area contributed by atoms with E-state index in [1.165, 1.54) is 17.5 Å². The van der Waals surface area contributed by atoms with Crippen molar-refractivity contribution in [2.45, 2.75) is 84.5 Å². The van der Waals surface area contributed by atoms with Gasteiger partial charge in [0.2, 0.25) is 33.7 Å². The van der Waals surface area contributed by atoms with E-state index in [0.29, 0.717) is 35.8 Å². The average molecular weight is 1040 g/mol. The monoisotopic (exact) mass is 1040 g/mol. The number of carbonyl (C=O) groups excluding carboxylic acids is 3. The number of piperazine rings is 1. The van der Waals surface area contributed by atoms with Crippen LogP contribution in [0.25, 0.3) is 10.4 Å². The molecule has 0 aliphatic carbocycles. The van der Waals surface area contributed by atoms with Gasteiger partial charge in [0.15, 0.2) is 5.82 Å². The highest BCUT2D eigenvalue weighted by molar-refractivity contribution is 7.92. The van der Waals surface area contributed by atoms with E-state index in [0.717, 1.165) is 72.8 Å². The summed E-state index contributed by atoms with van der Waals surface area (Å²) in [5.74, 6) is 0.421. The third-order valence-corrected chi connectivity index (χ3v) is 15.4. The summed E-state index contributed by atoms with van der Waals surface area (Å²) in [6.07, 6.45) is 3.91. The van der Waals surface area contributed by atoms with Crippen molar-refractivity contribution in [3.63, 3.8) is 0 Å². The third kappa shape index (κ3) is 13.9. The van der Waals surface area contributed by atoms with Crippen molar-refractivity contribution >= 4 is 85.2 Å². The Morgan fingerprint density at radius 2 is 1.71 bits per heavy atom. The van der Waals surface area contributed by atoms with Crippen LogP contribution in [0.4, 0.5) is 34.5 Å². The number of benzene rings is 3. The Kier molecular flexibility index (Phi) is 17.7. The Balaban J connectivity index is 0.849. The number of aromatic nitrogens is 3.